The fourth-order valence-corrected chi connectivity index (χ4v) is 4.48. The molecular formula is C21H18O8. The topological polar surface area (TPSA) is 141 Å². The molecule has 4 rings (SSSR count). The van der Waals surface area contributed by atoms with Crippen LogP contribution in [-0.2, 0) is 20.7 Å². The van der Waals surface area contributed by atoms with Crippen molar-refractivity contribution >= 4 is 28.1 Å². The molecule has 0 aromatic heterocycles. The number of rotatable bonds is 2. The molecule has 0 fully saturated rings. The molecule has 150 valence electrons. The maximum atomic E-state index is 13.3. The summed E-state index contributed by atoms with van der Waals surface area (Å²) in [6.45, 7) is 1.03. The van der Waals surface area contributed by atoms with Crippen LogP contribution in [0.1, 0.15) is 22.8 Å². The third kappa shape index (κ3) is 2.30. The second-order valence-corrected chi connectivity index (χ2v) is 7.34. The van der Waals surface area contributed by atoms with E-state index in [0.717, 1.165) is 6.92 Å². The quantitative estimate of drug-likeness (QED) is 0.555. The second-order valence-electron chi connectivity index (χ2n) is 7.34. The van der Waals surface area contributed by atoms with Crippen LogP contribution >= 0.6 is 0 Å². The average Bonchev–Trinajstić information content (AvgIpc) is 2.65. The fourth-order valence-electron chi connectivity index (χ4n) is 4.48. The highest BCUT2D eigenvalue weighted by atomic mass is 16.5. The number of fused-ring (bicyclic) bond motifs is 3. The Morgan fingerprint density at radius 2 is 1.90 bits per heavy atom. The van der Waals surface area contributed by atoms with Crippen LogP contribution in [0, 0.1) is 5.92 Å². The Labute approximate surface area is 164 Å². The zero-order chi connectivity index (χ0) is 21.2. The van der Waals surface area contributed by atoms with Gasteiger partial charge in [-0.1, -0.05) is 18.2 Å². The Balaban J connectivity index is 2.06. The number of ether oxygens (including phenoxy) is 1. The van der Waals surface area contributed by atoms with Gasteiger partial charge in [-0.05, 0) is 30.4 Å². The summed E-state index contributed by atoms with van der Waals surface area (Å²) < 4.78 is 5.21. The van der Waals surface area contributed by atoms with Crippen LogP contribution < -0.4 is 0 Å². The van der Waals surface area contributed by atoms with Gasteiger partial charge in [-0.3, -0.25) is 14.4 Å². The normalized spacial score (nSPS) is 26.4. The van der Waals surface area contributed by atoms with Crippen molar-refractivity contribution in [3.63, 3.8) is 0 Å². The minimum absolute atomic E-state index is 0.0205. The molecule has 29 heavy (non-hydrogen) atoms. The maximum Gasteiger partial charge on any atom is 0.206 e. The number of methoxy groups -OCH3 is 1. The monoisotopic (exact) mass is 398 g/mol. The number of ketones is 3. The Bertz CT molecular complexity index is 1150. The van der Waals surface area contributed by atoms with Crippen LogP contribution in [-0.4, -0.2) is 56.6 Å². The lowest BCUT2D eigenvalue weighted by Crippen LogP contribution is -2.61. The van der Waals surface area contributed by atoms with E-state index in [1.54, 1.807) is 18.2 Å². The number of carbonyl (C=O) groups is 3. The lowest BCUT2D eigenvalue weighted by atomic mass is 9.62. The first-order valence-electron chi connectivity index (χ1n) is 8.89. The number of hydrogen-bond donors (Lipinski definition) is 4. The van der Waals surface area contributed by atoms with E-state index in [1.807, 2.05) is 0 Å². The van der Waals surface area contributed by atoms with Gasteiger partial charge in [0, 0.05) is 13.0 Å². The number of aliphatic hydroxyl groups excluding tert-OH is 1. The molecule has 2 aliphatic rings. The Morgan fingerprint density at radius 1 is 1.21 bits per heavy atom. The number of carbonyl (C=O) groups excluding carboxylic acids is 3. The highest BCUT2D eigenvalue weighted by molar-refractivity contribution is 6.25. The van der Waals surface area contributed by atoms with E-state index in [9.17, 15) is 34.8 Å². The van der Waals surface area contributed by atoms with Crippen LogP contribution in [0.2, 0.25) is 0 Å². The summed E-state index contributed by atoms with van der Waals surface area (Å²) in [5.41, 5.74) is -3.28. The molecule has 4 N–H and O–H groups in total. The molecule has 2 aromatic rings. The number of phenolic OH excluding ortho intramolecular Hbond substituents is 2. The van der Waals surface area contributed by atoms with E-state index in [2.05, 4.69) is 0 Å². The van der Waals surface area contributed by atoms with Crippen molar-refractivity contribution in [3.05, 3.63) is 46.7 Å². The molecule has 0 radical (unpaired) electrons. The number of aromatic hydroxyl groups is 2. The van der Waals surface area contributed by atoms with Gasteiger partial charge in [0.25, 0.3) is 0 Å². The van der Waals surface area contributed by atoms with Gasteiger partial charge in [0.15, 0.2) is 17.2 Å². The molecular weight excluding hydrogens is 380 g/mol. The minimum Gasteiger partial charge on any atom is -0.508 e. The molecule has 3 atom stereocenters. The lowest BCUT2D eigenvalue weighted by Gasteiger charge is -2.45. The SMILES string of the molecule is CO[C@H]1C(=O)C(C(C)=O)=C(O)[C@]2(O)C(=O)c3c(cc4cccc(O)c4c3O)C[C@H]12. The van der Waals surface area contributed by atoms with Crippen molar-refractivity contribution in [3.8, 4) is 11.5 Å². The van der Waals surface area contributed by atoms with Gasteiger partial charge in [0.2, 0.25) is 5.78 Å². The number of hydrogen-bond acceptors (Lipinski definition) is 8. The molecule has 0 aliphatic heterocycles. The molecule has 8 heteroatoms. The molecule has 0 bridgehead atoms. The summed E-state index contributed by atoms with van der Waals surface area (Å²) in [7, 11) is 1.21. The summed E-state index contributed by atoms with van der Waals surface area (Å²) in [5, 5.41) is 43.2. The molecule has 0 saturated heterocycles. The van der Waals surface area contributed by atoms with Crippen LogP contribution in [0.3, 0.4) is 0 Å². The fraction of sp³-hybridized carbons (Fsp3) is 0.286. The summed E-state index contributed by atoms with van der Waals surface area (Å²) in [6.07, 6.45) is -1.43. The molecule has 2 aromatic carbocycles. The van der Waals surface area contributed by atoms with Crippen molar-refractivity contribution in [2.75, 3.05) is 7.11 Å². The van der Waals surface area contributed by atoms with Crippen molar-refractivity contribution < 1.29 is 39.5 Å². The second kappa shape index (κ2) is 6.13. The molecule has 8 nitrogen and oxygen atoms in total. The zero-order valence-corrected chi connectivity index (χ0v) is 15.6. The molecule has 0 heterocycles. The van der Waals surface area contributed by atoms with E-state index >= 15 is 0 Å². The number of aliphatic hydroxyl groups is 2. The van der Waals surface area contributed by atoms with Crippen LogP contribution in [0.25, 0.3) is 10.8 Å². The number of Topliss-reactive ketones (excluding diaryl/α,β-unsaturated/α-hetero) is 3. The van der Waals surface area contributed by atoms with E-state index in [4.69, 9.17) is 4.74 Å². The van der Waals surface area contributed by atoms with Crippen LogP contribution in [0.5, 0.6) is 11.5 Å². The number of benzene rings is 2. The Hall–Kier alpha value is -3.23. The van der Waals surface area contributed by atoms with Gasteiger partial charge in [0.05, 0.1) is 10.9 Å². The largest absolute Gasteiger partial charge is 0.508 e. The van der Waals surface area contributed by atoms with Gasteiger partial charge in [-0.2, -0.15) is 0 Å². The van der Waals surface area contributed by atoms with E-state index in [1.165, 1.54) is 13.2 Å². The van der Waals surface area contributed by atoms with Gasteiger partial charge in [0.1, 0.15) is 28.9 Å². The zero-order valence-electron chi connectivity index (χ0n) is 15.6. The molecule has 0 saturated carbocycles. The molecule has 0 amide bonds. The van der Waals surface area contributed by atoms with E-state index in [0.29, 0.717) is 10.9 Å². The van der Waals surface area contributed by atoms with Crippen molar-refractivity contribution in [1.82, 2.24) is 0 Å². The van der Waals surface area contributed by atoms with Crippen LogP contribution in [0.4, 0.5) is 0 Å². The van der Waals surface area contributed by atoms with Gasteiger partial charge >= 0.3 is 0 Å². The predicted molar refractivity (Wildman–Crippen MR) is 99.9 cm³/mol. The maximum absolute atomic E-state index is 13.3. The molecule has 2 aliphatic carbocycles. The standard InChI is InChI=1S/C21H18O8/c1-8(22)13-17(25)18(29-2)11-7-10-6-9-4-3-5-12(23)14(9)16(24)15(10)20(27)21(11,28)19(13)26/h3-6,11,18,23-24,26,28H,7H2,1-2H3/t11-,18-,21+/m1/s1. The van der Waals surface area contributed by atoms with Gasteiger partial charge in [-0.15, -0.1) is 0 Å². The number of phenols is 2. The minimum atomic E-state index is -2.63. The summed E-state index contributed by atoms with van der Waals surface area (Å²) >= 11 is 0. The highest BCUT2D eigenvalue weighted by Gasteiger charge is 2.61. The molecule has 0 spiro atoms. The first-order chi connectivity index (χ1) is 13.6. The summed E-state index contributed by atoms with van der Waals surface area (Å²) in [5.74, 6) is -5.75. The molecule has 0 unspecified atom stereocenters. The van der Waals surface area contributed by atoms with Gasteiger partial charge in [-0.25, -0.2) is 0 Å². The van der Waals surface area contributed by atoms with E-state index in [-0.39, 0.29) is 23.1 Å². The third-order valence-electron chi connectivity index (χ3n) is 5.82. The first-order valence-corrected chi connectivity index (χ1v) is 8.89. The third-order valence-corrected chi connectivity index (χ3v) is 5.82. The first kappa shape index (κ1) is 19.1. The predicted octanol–water partition coefficient (Wildman–Crippen LogP) is 1.34. The van der Waals surface area contributed by atoms with Gasteiger partial charge < -0.3 is 25.2 Å². The Kier molecular flexibility index (Phi) is 4.04. The van der Waals surface area contributed by atoms with Crippen molar-refractivity contribution in [1.29, 1.82) is 0 Å². The lowest BCUT2D eigenvalue weighted by molar-refractivity contribution is -0.141. The summed E-state index contributed by atoms with van der Waals surface area (Å²) in [6, 6.07) is 6.11. The Morgan fingerprint density at radius 3 is 2.52 bits per heavy atom. The van der Waals surface area contributed by atoms with Crippen molar-refractivity contribution in [2.24, 2.45) is 5.92 Å². The summed E-state index contributed by atoms with van der Waals surface area (Å²) in [4.78, 5) is 37.9. The van der Waals surface area contributed by atoms with Crippen LogP contribution in [0.15, 0.2) is 35.6 Å². The highest BCUT2D eigenvalue weighted by Crippen LogP contribution is 2.49. The average molecular weight is 398 g/mol. The van der Waals surface area contributed by atoms with E-state index < -0.39 is 52.1 Å². The van der Waals surface area contributed by atoms with Crippen molar-refractivity contribution in [2.45, 2.75) is 25.0 Å². The smallest absolute Gasteiger partial charge is 0.206 e.